The van der Waals surface area contributed by atoms with E-state index in [1.165, 1.54) is 25.0 Å². The lowest BCUT2D eigenvalue weighted by Gasteiger charge is -2.51. The molecule has 2 fully saturated rings. The minimum atomic E-state index is -0.229. The van der Waals surface area contributed by atoms with Gasteiger partial charge in [0, 0.05) is 50.1 Å². The van der Waals surface area contributed by atoms with Crippen LogP contribution in [-0.4, -0.2) is 59.0 Å². The van der Waals surface area contributed by atoms with Gasteiger partial charge < -0.3 is 4.90 Å². The number of hydrogen-bond donors (Lipinski definition) is 1. The number of halogens is 1. The molecule has 3 unspecified atom stereocenters. The molecular weight excluding hydrogens is 353 g/mol. The molecule has 1 aromatic carbocycles. The van der Waals surface area contributed by atoms with Crippen LogP contribution in [0.15, 0.2) is 42.5 Å². The molecule has 5 nitrogen and oxygen atoms in total. The molecule has 0 radical (unpaired) electrons. The first-order chi connectivity index (χ1) is 13.7. The lowest BCUT2D eigenvalue weighted by Crippen LogP contribution is -2.61. The summed E-state index contributed by atoms with van der Waals surface area (Å²) in [6.07, 6.45) is 11.6. The molecule has 2 aliphatic heterocycles. The number of fused-ring (bicyclic) bond motifs is 2. The summed E-state index contributed by atoms with van der Waals surface area (Å²) in [4.78, 5) is 2.32. The SMILES string of the molecule is CCC1C2C=CC=CC2CCN1N1CCN(c2n[nH]c3cc(F)ccc23)CC1. The highest BCUT2D eigenvalue weighted by Gasteiger charge is 2.38. The normalized spacial score (nSPS) is 28.8. The van der Waals surface area contributed by atoms with Crippen LogP contribution in [0.3, 0.4) is 0 Å². The van der Waals surface area contributed by atoms with Gasteiger partial charge in [0.1, 0.15) is 5.82 Å². The lowest BCUT2D eigenvalue weighted by atomic mass is 9.77. The summed E-state index contributed by atoms with van der Waals surface area (Å²) in [7, 11) is 0. The predicted octanol–water partition coefficient (Wildman–Crippen LogP) is 3.58. The van der Waals surface area contributed by atoms with Crippen LogP contribution in [-0.2, 0) is 0 Å². The molecule has 0 spiro atoms. The quantitative estimate of drug-likeness (QED) is 0.882. The molecule has 0 bridgehead atoms. The minimum Gasteiger partial charge on any atom is -0.352 e. The molecule has 1 N–H and O–H groups in total. The number of anilines is 1. The fourth-order valence-electron chi connectivity index (χ4n) is 5.24. The third-order valence-electron chi connectivity index (χ3n) is 6.66. The number of aromatic amines is 1. The van der Waals surface area contributed by atoms with Crippen LogP contribution >= 0.6 is 0 Å². The number of benzene rings is 1. The molecule has 1 aliphatic carbocycles. The molecule has 28 heavy (non-hydrogen) atoms. The van der Waals surface area contributed by atoms with E-state index in [0.717, 1.165) is 49.4 Å². The summed E-state index contributed by atoms with van der Waals surface area (Å²) in [5.74, 6) is 2.05. The van der Waals surface area contributed by atoms with E-state index in [2.05, 4.69) is 56.3 Å². The van der Waals surface area contributed by atoms with Crippen LogP contribution in [0.4, 0.5) is 10.2 Å². The van der Waals surface area contributed by atoms with Gasteiger partial charge in [-0.25, -0.2) is 14.4 Å². The lowest BCUT2D eigenvalue weighted by molar-refractivity contribution is -0.103. The molecular formula is C22H28FN5. The van der Waals surface area contributed by atoms with Crippen LogP contribution in [0.1, 0.15) is 19.8 Å². The van der Waals surface area contributed by atoms with Crippen molar-refractivity contribution in [2.24, 2.45) is 11.8 Å². The van der Waals surface area contributed by atoms with Crippen molar-refractivity contribution in [1.82, 2.24) is 20.2 Å². The maximum atomic E-state index is 13.5. The third kappa shape index (κ3) is 3.05. The van der Waals surface area contributed by atoms with Gasteiger partial charge >= 0.3 is 0 Å². The van der Waals surface area contributed by atoms with Crippen LogP contribution in [0.2, 0.25) is 0 Å². The molecule has 3 heterocycles. The van der Waals surface area contributed by atoms with E-state index < -0.39 is 0 Å². The number of nitrogens with zero attached hydrogens (tertiary/aromatic N) is 4. The summed E-state index contributed by atoms with van der Waals surface area (Å²) < 4.78 is 13.5. The Morgan fingerprint density at radius 2 is 1.93 bits per heavy atom. The van der Waals surface area contributed by atoms with Gasteiger partial charge in [-0.2, -0.15) is 5.10 Å². The highest BCUT2D eigenvalue weighted by molar-refractivity contribution is 5.90. The Kier molecular flexibility index (Phi) is 4.69. The van der Waals surface area contributed by atoms with E-state index in [1.54, 1.807) is 0 Å². The van der Waals surface area contributed by atoms with Crippen molar-refractivity contribution in [2.45, 2.75) is 25.8 Å². The molecule has 0 saturated carbocycles. The zero-order chi connectivity index (χ0) is 19.1. The summed E-state index contributed by atoms with van der Waals surface area (Å²) in [6, 6.07) is 5.45. The van der Waals surface area contributed by atoms with Crippen molar-refractivity contribution >= 4 is 16.7 Å². The predicted molar refractivity (Wildman–Crippen MR) is 110 cm³/mol. The van der Waals surface area contributed by atoms with E-state index in [9.17, 15) is 4.39 Å². The maximum absolute atomic E-state index is 13.5. The van der Waals surface area contributed by atoms with Gasteiger partial charge in [-0.05, 0) is 37.0 Å². The molecule has 1 aromatic heterocycles. The van der Waals surface area contributed by atoms with Gasteiger partial charge in [-0.3, -0.25) is 5.10 Å². The zero-order valence-corrected chi connectivity index (χ0v) is 16.4. The average molecular weight is 381 g/mol. The Balaban J connectivity index is 1.29. The molecule has 3 aliphatic rings. The van der Waals surface area contributed by atoms with Crippen molar-refractivity contribution in [3.8, 4) is 0 Å². The smallest absolute Gasteiger partial charge is 0.158 e. The van der Waals surface area contributed by atoms with Crippen molar-refractivity contribution < 1.29 is 4.39 Å². The second kappa shape index (κ2) is 7.33. The minimum absolute atomic E-state index is 0.229. The molecule has 2 saturated heterocycles. The topological polar surface area (TPSA) is 38.4 Å². The van der Waals surface area contributed by atoms with E-state index in [4.69, 9.17) is 0 Å². The standard InChI is InChI=1S/C22H28FN5/c1-2-21-18-6-4-3-5-16(18)9-10-28(21)27-13-11-26(12-14-27)22-19-8-7-17(23)15-20(19)24-25-22/h3-8,15-16,18,21H,2,9-14H2,1H3,(H,24,25). The number of allylic oxidation sites excluding steroid dienone is 3. The summed E-state index contributed by atoms with van der Waals surface area (Å²) in [5.41, 5.74) is 0.766. The zero-order valence-electron chi connectivity index (χ0n) is 16.4. The molecule has 2 aromatic rings. The second-order valence-electron chi connectivity index (χ2n) is 8.12. The van der Waals surface area contributed by atoms with Gasteiger partial charge in [0.25, 0.3) is 0 Å². The Labute approximate surface area is 165 Å². The highest BCUT2D eigenvalue weighted by atomic mass is 19.1. The van der Waals surface area contributed by atoms with Gasteiger partial charge in [-0.1, -0.05) is 31.2 Å². The molecule has 148 valence electrons. The van der Waals surface area contributed by atoms with Crippen molar-refractivity contribution in [1.29, 1.82) is 0 Å². The number of rotatable bonds is 3. The fourth-order valence-corrected chi connectivity index (χ4v) is 5.24. The summed E-state index contributed by atoms with van der Waals surface area (Å²) >= 11 is 0. The van der Waals surface area contributed by atoms with Crippen molar-refractivity contribution in [3.63, 3.8) is 0 Å². The number of aromatic nitrogens is 2. The largest absolute Gasteiger partial charge is 0.352 e. The maximum Gasteiger partial charge on any atom is 0.158 e. The van der Waals surface area contributed by atoms with Gasteiger partial charge in [0.05, 0.1) is 5.52 Å². The number of piperazine rings is 1. The van der Waals surface area contributed by atoms with Crippen LogP contribution in [0.25, 0.3) is 10.9 Å². The van der Waals surface area contributed by atoms with Gasteiger partial charge in [0.2, 0.25) is 0 Å². The number of hydrazine groups is 1. The fraction of sp³-hybridized carbons (Fsp3) is 0.500. The van der Waals surface area contributed by atoms with Crippen LogP contribution in [0.5, 0.6) is 0 Å². The van der Waals surface area contributed by atoms with Gasteiger partial charge in [-0.15, -0.1) is 0 Å². The van der Waals surface area contributed by atoms with E-state index in [0.29, 0.717) is 17.9 Å². The Bertz CT molecular complexity index is 895. The Hall–Kier alpha value is -2.18. The first kappa shape index (κ1) is 17.9. The molecule has 6 heteroatoms. The first-order valence-corrected chi connectivity index (χ1v) is 10.5. The third-order valence-corrected chi connectivity index (χ3v) is 6.66. The molecule has 3 atom stereocenters. The number of nitrogens with one attached hydrogen (secondary N) is 1. The van der Waals surface area contributed by atoms with Crippen LogP contribution in [0, 0.1) is 17.7 Å². The average Bonchev–Trinajstić information content (AvgIpc) is 3.16. The number of H-pyrrole nitrogens is 1. The van der Waals surface area contributed by atoms with E-state index >= 15 is 0 Å². The number of piperidine rings is 1. The molecule has 0 amide bonds. The van der Waals surface area contributed by atoms with Gasteiger partial charge in [0.15, 0.2) is 5.82 Å². The highest BCUT2D eigenvalue weighted by Crippen LogP contribution is 2.36. The van der Waals surface area contributed by atoms with Crippen LogP contribution < -0.4 is 4.90 Å². The summed E-state index contributed by atoms with van der Waals surface area (Å²) in [5, 5.41) is 13.6. The second-order valence-corrected chi connectivity index (χ2v) is 8.12. The molecule has 5 rings (SSSR count). The van der Waals surface area contributed by atoms with E-state index in [1.807, 2.05) is 6.07 Å². The van der Waals surface area contributed by atoms with Crippen molar-refractivity contribution in [3.05, 3.63) is 48.3 Å². The Morgan fingerprint density at radius 3 is 2.75 bits per heavy atom. The first-order valence-electron chi connectivity index (χ1n) is 10.5. The van der Waals surface area contributed by atoms with Crippen molar-refractivity contribution in [2.75, 3.05) is 37.6 Å². The summed E-state index contributed by atoms with van der Waals surface area (Å²) in [6.45, 7) is 7.34. The Morgan fingerprint density at radius 1 is 1.11 bits per heavy atom. The van der Waals surface area contributed by atoms with E-state index in [-0.39, 0.29) is 5.82 Å². The monoisotopic (exact) mass is 381 g/mol. The number of hydrogen-bond acceptors (Lipinski definition) is 4.